The molecule has 0 saturated carbocycles. The molecule has 0 N–H and O–H groups in total. The summed E-state index contributed by atoms with van der Waals surface area (Å²) in [5.74, 6) is -0.655. The maximum Gasteiger partial charge on any atom is 0.341 e. The molecule has 0 atom stereocenters. The first-order chi connectivity index (χ1) is 10.1. The lowest BCUT2D eigenvalue weighted by atomic mass is 10.1. The third-order valence-electron chi connectivity index (χ3n) is 3.24. The lowest BCUT2D eigenvalue weighted by Crippen LogP contribution is -2.10. The second-order valence-electron chi connectivity index (χ2n) is 4.82. The highest BCUT2D eigenvalue weighted by Crippen LogP contribution is 2.21. The fourth-order valence-corrected chi connectivity index (χ4v) is 2.29. The fourth-order valence-electron chi connectivity index (χ4n) is 2.29. The van der Waals surface area contributed by atoms with Gasteiger partial charge in [-0.2, -0.15) is 5.10 Å². The molecule has 2 aromatic rings. The minimum Gasteiger partial charge on any atom is -0.462 e. The van der Waals surface area contributed by atoms with Crippen molar-refractivity contribution >= 4 is 5.97 Å². The van der Waals surface area contributed by atoms with E-state index >= 15 is 0 Å². The van der Waals surface area contributed by atoms with E-state index in [0.717, 1.165) is 23.4 Å². The minimum atomic E-state index is -0.369. The van der Waals surface area contributed by atoms with Crippen LogP contribution in [0.4, 0.5) is 4.39 Å². The van der Waals surface area contributed by atoms with Crippen molar-refractivity contribution in [1.82, 2.24) is 9.78 Å². The summed E-state index contributed by atoms with van der Waals surface area (Å²) in [6, 6.07) is 4.52. The smallest absolute Gasteiger partial charge is 0.341 e. The van der Waals surface area contributed by atoms with E-state index in [0.29, 0.717) is 18.6 Å². The highest BCUT2D eigenvalue weighted by molar-refractivity contribution is 5.90. The molecule has 1 heterocycles. The molecule has 0 fully saturated rings. The maximum absolute atomic E-state index is 13.2. The Balaban J connectivity index is 2.51. The molecule has 1 aromatic carbocycles. The minimum absolute atomic E-state index is 0.286. The van der Waals surface area contributed by atoms with Crippen LogP contribution < -0.4 is 0 Å². The van der Waals surface area contributed by atoms with E-state index in [1.54, 1.807) is 17.7 Å². The summed E-state index contributed by atoms with van der Waals surface area (Å²) in [6.45, 7) is 5.95. The summed E-state index contributed by atoms with van der Waals surface area (Å²) in [7, 11) is 0. The molecule has 21 heavy (non-hydrogen) atoms. The molecule has 0 bridgehead atoms. The lowest BCUT2D eigenvalue weighted by molar-refractivity contribution is 0.0525. The zero-order valence-corrected chi connectivity index (χ0v) is 12.5. The number of aromatic nitrogens is 2. The van der Waals surface area contributed by atoms with Crippen molar-refractivity contribution in [2.75, 3.05) is 6.61 Å². The molecule has 0 unspecified atom stereocenters. The van der Waals surface area contributed by atoms with Crippen LogP contribution in [0.15, 0.2) is 24.4 Å². The first-order valence-electron chi connectivity index (χ1n) is 7.09. The van der Waals surface area contributed by atoms with Gasteiger partial charge in [-0.1, -0.05) is 13.3 Å². The topological polar surface area (TPSA) is 44.1 Å². The molecular formula is C16H19FN2O2. The van der Waals surface area contributed by atoms with Crippen LogP contribution in [0.2, 0.25) is 0 Å². The van der Waals surface area contributed by atoms with E-state index in [2.05, 4.69) is 5.10 Å². The normalized spacial score (nSPS) is 10.7. The summed E-state index contributed by atoms with van der Waals surface area (Å²) in [5.41, 5.74) is 2.81. The van der Waals surface area contributed by atoms with Crippen LogP contribution >= 0.6 is 0 Å². The number of esters is 1. The van der Waals surface area contributed by atoms with Crippen LogP contribution in [-0.2, 0) is 11.2 Å². The first-order valence-corrected chi connectivity index (χ1v) is 7.09. The van der Waals surface area contributed by atoms with E-state index in [9.17, 15) is 9.18 Å². The Morgan fingerprint density at radius 2 is 2.14 bits per heavy atom. The van der Waals surface area contributed by atoms with Gasteiger partial charge in [-0.25, -0.2) is 13.9 Å². The Bertz CT molecular complexity index is 650. The lowest BCUT2D eigenvalue weighted by Gasteiger charge is -2.11. The molecule has 0 aliphatic rings. The van der Waals surface area contributed by atoms with Crippen LogP contribution in [-0.4, -0.2) is 22.4 Å². The van der Waals surface area contributed by atoms with Gasteiger partial charge in [0.25, 0.3) is 0 Å². The van der Waals surface area contributed by atoms with Gasteiger partial charge >= 0.3 is 5.97 Å². The van der Waals surface area contributed by atoms with Gasteiger partial charge in [0.1, 0.15) is 11.4 Å². The Morgan fingerprint density at radius 3 is 2.76 bits per heavy atom. The highest BCUT2D eigenvalue weighted by atomic mass is 19.1. The number of carbonyl (C=O) groups excluding carboxylic acids is 1. The van der Waals surface area contributed by atoms with Crippen molar-refractivity contribution in [2.45, 2.75) is 33.6 Å². The van der Waals surface area contributed by atoms with Crippen LogP contribution in [0.25, 0.3) is 5.69 Å². The Kier molecular flexibility index (Phi) is 4.73. The summed E-state index contributed by atoms with van der Waals surface area (Å²) in [6.07, 6.45) is 3.09. The van der Waals surface area contributed by atoms with Gasteiger partial charge in [0.2, 0.25) is 0 Å². The van der Waals surface area contributed by atoms with Crippen molar-refractivity contribution in [2.24, 2.45) is 0 Å². The van der Waals surface area contributed by atoms with Crippen molar-refractivity contribution in [3.05, 3.63) is 47.0 Å². The molecule has 0 aliphatic heterocycles. The van der Waals surface area contributed by atoms with Gasteiger partial charge in [0.05, 0.1) is 24.2 Å². The third kappa shape index (κ3) is 3.12. The molecule has 2 rings (SSSR count). The Labute approximate surface area is 123 Å². The number of halogens is 1. The average Bonchev–Trinajstić information content (AvgIpc) is 2.83. The second kappa shape index (κ2) is 6.52. The number of ether oxygens (including phenoxy) is 1. The number of hydrogen-bond donors (Lipinski definition) is 0. The third-order valence-corrected chi connectivity index (χ3v) is 3.24. The van der Waals surface area contributed by atoms with Gasteiger partial charge in [-0.15, -0.1) is 0 Å². The molecule has 0 aliphatic carbocycles. The summed E-state index contributed by atoms with van der Waals surface area (Å²) in [4.78, 5) is 12.0. The molecule has 5 heteroatoms. The highest BCUT2D eigenvalue weighted by Gasteiger charge is 2.19. The van der Waals surface area contributed by atoms with Gasteiger partial charge in [0, 0.05) is 0 Å². The van der Waals surface area contributed by atoms with Crippen molar-refractivity contribution in [3.63, 3.8) is 0 Å². The molecular weight excluding hydrogens is 271 g/mol. The summed E-state index contributed by atoms with van der Waals surface area (Å²) >= 11 is 0. The fraction of sp³-hybridized carbons (Fsp3) is 0.375. The Morgan fingerprint density at radius 1 is 1.38 bits per heavy atom. The van der Waals surface area contributed by atoms with Crippen molar-refractivity contribution < 1.29 is 13.9 Å². The molecule has 0 radical (unpaired) electrons. The second-order valence-corrected chi connectivity index (χ2v) is 4.82. The molecule has 0 spiro atoms. The van der Waals surface area contributed by atoms with E-state index in [-0.39, 0.29) is 11.8 Å². The monoisotopic (exact) mass is 290 g/mol. The number of hydrogen-bond acceptors (Lipinski definition) is 3. The molecule has 0 saturated heterocycles. The molecule has 0 amide bonds. The van der Waals surface area contributed by atoms with E-state index in [1.165, 1.54) is 18.3 Å². The van der Waals surface area contributed by atoms with Crippen molar-refractivity contribution in [3.8, 4) is 5.69 Å². The van der Waals surface area contributed by atoms with Gasteiger partial charge in [-0.3, -0.25) is 0 Å². The molecule has 4 nitrogen and oxygen atoms in total. The Hall–Kier alpha value is -2.17. The predicted molar refractivity (Wildman–Crippen MR) is 78.2 cm³/mol. The average molecular weight is 290 g/mol. The zero-order valence-electron chi connectivity index (χ0n) is 12.5. The van der Waals surface area contributed by atoms with Crippen LogP contribution in [0.1, 0.15) is 41.9 Å². The molecule has 1 aromatic heterocycles. The van der Waals surface area contributed by atoms with E-state index in [1.807, 2.05) is 13.8 Å². The predicted octanol–water partition coefficient (Wildman–Crippen LogP) is 3.45. The van der Waals surface area contributed by atoms with Crippen LogP contribution in [0, 0.1) is 12.7 Å². The number of nitrogens with zero attached hydrogens (tertiary/aromatic N) is 2. The van der Waals surface area contributed by atoms with E-state index < -0.39 is 0 Å². The SMILES string of the molecule is CCCc1c(C(=O)OCC)cnn1-c1ccc(F)cc1C. The number of carbonyl (C=O) groups is 1. The first kappa shape index (κ1) is 15.2. The van der Waals surface area contributed by atoms with Crippen molar-refractivity contribution in [1.29, 1.82) is 0 Å². The number of benzene rings is 1. The largest absolute Gasteiger partial charge is 0.462 e. The van der Waals surface area contributed by atoms with Crippen LogP contribution in [0.5, 0.6) is 0 Å². The maximum atomic E-state index is 13.2. The standard InChI is InChI=1S/C16H19FN2O2/c1-4-6-15-13(16(20)21-5-2)10-18-19(15)14-8-7-12(17)9-11(14)3/h7-10H,4-6H2,1-3H3. The molecule has 112 valence electrons. The van der Waals surface area contributed by atoms with Crippen LogP contribution in [0.3, 0.4) is 0 Å². The summed E-state index contributed by atoms with van der Waals surface area (Å²) in [5, 5.41) is 4.29. The number of rotatable bonds is 5. The number of aryl methyl sites for hydroxylation is 1. The quantitative estimate of drug-likeness (QED) is 0.792. The summed E-state index contributed by atoms with van der Waals surface area (Å²) < 4.78 is 20.0. The van der Waals surface area contributed by atoms with Gasteiger partial charge < -0.3 is 4.74 Å². The van der Waals surface area contributed by atoms with Gasteiger partial charge in [-0.05, 0) is 44.0 Å². The van der Waals surface area contributed by atoms with Gasteiger partial charge in [0.15, 0.2) is 0 Å². The van der Waals surface area contributed by atoms with E-state index in [4.69, 9.17) is 4.74 Å². The zero-order chi connectivity index (χ0) is 15.4.